The number of hydrogen-bond acceptors (Lipinski definition) is 2. The van der Waals surface area contributed by atoms with Crippen molar-refractivity contribution in [3.8, 4) is 0 Å². The maximum Gasteiger partial charge on any atom is 0.416 e. The third-order valence-corrected chi connectivity index (χ3v) is 6.46. The lowest BCUT2D eigenvalue weighted by Gasteiger charge is -2.21. The van der Waals surface area contributed by atoms with Gasteiger partial charge < -0.3 is 0 Å². The summed E-state index contributed by atoms with van der Waals surface area (Å²) in [5, 5.41) is -1.48. The summed E-state index contributed by atoms with van der Waals surface area (Å²) in [5.74, 6) is 0. The lowest BCUT2D eigenvalue weighted by molar-refractivity contribution is -0.143. The van der Waals surface area contributed by atoms with Gasteiger partial charge in [-0.05, 0) is 29.3 Å². The van der Waals surface area contributed by atoms with E-state index in [9.17, 15) is 34.8 Å². The first-order chi connectivity index (χ1) is 13.9. The molecule has 0 spiro atoms. The van der Waals surface area contributed by atoms with Crippen LogP contribution in [0.4, 0.5) is 26.3 Å². The molecule has 0 bridgehead atoms. The van der Waals surface area contributed by atoms with Crippen LogP contribution in [0.15, 0.2) is 83.8 Å². The van der Waals surface area contributed by atoms with Crippen LogP contribution >= 0.6 is 0 Å². The molecule has 0 aromatic heterocycles. The third-order valence-electron chi connectivity index (χ3n) is 4.40. The van der Waals surface area contributed by atoms with Gasteiger partial charge >= 0.3 is 12.4 Å². The highest BCUT2D eigenvalue weighted by Gasteiger charge is 2.40. The van der Waals surface area contributed by atoms with Crippen molar-refractivity contribution < 1.29 is 34.8 Å². The summed E-state index contributed by atoms with van der Waals surface area (Å²) in [4.78, 5) is -1.05. The molecule has 9 heteroatoms. The van der Waals surface area contributed by atoms with E-state index in [1.807, 2.05) is 0 Å². The molecule has 2 nitrogen and oxygen atoms in total. The van der Waals surface area contributed by atoms with Crippen molar-refractivity contribution in [2.45, 2.75) is 22.5 Å². The molecule has 0 N–H and O–H groups in total. The molecular weight excluding hydrogens is 430 g/mol. The molecule has 158 valence electrons. The molecular formula is C21H14F6O2S. The van der Waals surface area contributed by atoms with E-state index in [2.05, 4.69) is 0 Å². The Hall–Kier alpha value is -2.81. The van der Waals surface area contributed by atoms with Crippen LogP contribution < -0.4 is 0 Å². The van der Waals surface area contributed by atoms with Gasteiger partial charge in [-0.15, -0.1) is 0 Å². The quantitative estimate of drug-likeness (QED) is 0.444. The predicted octanol–water partition coefficient (Wildman–Crippen LogP) is 6.29. The molecule has 0 amide bonds. The first kappa shape index (κ1) is 21.9. The van der Waals surface area contributed by atoms with Crippen molar-refractivity contribution >= 4 is 9.84 Å². The van der Waals surface area contributed by atoms with Crippen LogP contribution in [0.2, 0.25) is 0 Å². The summed E-state index contributed by atoms with van der Waals surface area (Å²) >= 11 is 0. The Bertz CT molecular complexity index is 1050. The zero-order valence-corrected chi connectivity index (χ0v) is 15.9. The van der Waals surface area contributed by atoms with Gasteiger partial charge in [0.15, 0.2) is 9.84 Å². The summed E-state index contributed by atoms with van der Waals surface area (Å²) in [7, 11) is -4.67. The summed E-state index contributed by atoms with van der Waals surface area (Å²) in [5.41, 5.74) is -2.93. The second-order valence-electron chi connectivity index (χ2n) is 6.49. The highest BCUT2D eigenvalue weighted by atomic mass is 32.2. The Morgan fingerprint density at radius 1 is 0.600 bits per heavy atom. The van der Waals surface area contributed by atoms with Crippen LogP contribution in [-0.2, 0) is 22.2 Å². The lowest BCUT2D eigenvalue weighted by Crippen LogP contribution is -2.18. The molecule has 0 saturated heterocycles. The smallest absolute Gasteiger partial charge is 0.223 e. The number of halogens is 6. The van der Waals surface area contributed by atoms with Gasteiger partial charge in [0.05, 0.1) is 16.0 Å². The van der Waals surface area contributed by atoms with Gasteiger partial charge in [-0.2, -0.15) is 26.3 Å². The van der Waals surface area contributed by atoms with E-state index in [0.29, 0.717) is 0 Å². The largest absolute Gasteiger partial charge is 0.416 e. The summed E-state index contributed by atoms with van der Waals surface area (Å²) in [6.07, 6.45) is -10.3. The number of rotatable bonds is 4. The van der Waals surface area contributed by atoms with E-state index in [1.165, 1.54) is 48.5 Å². The van der Waals surface area contributed by atoms with Crippen LogP contribution in [0.3, 0.4) is 0 Å². The van der Waals surface area contributed by atoms with Gasteiger partial charge in [0.25, 0.3) is 0 Å². The van der Waals surface area contributed by atoms with Crippen LogP contribution in [0.1, 0.15) is 27.5 Å². The standard InChI is InChI=1S/C21H14F6O2S/c22-20(23,24)16-11-17(21(25,26)27)13-18(12-16)30(28,29)19(14-7-3-1-4-8-14)15-9-5-2-6-10-15/h1-13,19H. The third kappa shape index (κ3) is 4.51. The number of sulfone groups is 1. The Labute approximate surface area is 168 Å². The van der Waals surface area contributed by atoms with Crippen molar-refractivity contribution in [3.05, 3.63) is 101 Å². The predicted molar refractivity (Wildman–Crippen MR) is 98.4 cm³/mol. The molecule has 0 aliphatic carbocycles. The summed E-state index contributed by atoms with van der Waals surface area (Å²) < 4.78 is 106. The van der Waals surface area contributed by atoms with Gasteiger partial charge in [0.1, 0.15) is 5.25 Å². The summed E-state index contributed by atoms with van der Waals surface area (Å²) in [6.45, 7) is 0. The molecule has 0 fully saturated rings. The topological polar surface area (TPSA) is 34.1 Å². The fourth-order valence-corrected chi connectivity index (χ4v) is 4.92. The second kappa shape index (κ2) is 7.79. The van der Waals surface area contributed by atoms with E-state index < -0.39 is 43.5 Å². The van der Waals surface area contributed by atoms with Crippen LogP contribution in [0.5, 0.6) is 0 Å². The molecule has 3 aromatic carbocycles. The molecule has 0 radical (unpaired) electrons. The van der Waals surface area contributed by atoms with Crippen LogP contribution in [0, 0.1) is 0 Å². The molecule has 0 saturated carbocycles. The van der Waals surface area contributed by atoms with E-state index >= 15 is 0 Å². The highest BCUT2D eigenvalue weighted by Crippen LogP contribution is 2.41. The minimum absolute atomic E-state index is 0.0982. The minimum atomic E-state index is -5.15. The van der Waals surface area contributed by atoms with Crippen LogP contribution in [0.25, 0.3) is 0 Å². The van der Waals surface area contributed by atoms with Crippen LogP contribution in [-0.4, -0.2) is 8.42 Å². The van der Waals surface area contributed by atoms with E-state index in [1.54, 1.807) is 12.1 Å². The van der Waals surface area contributed by atoms with Gasteiger partial charge in [0, 0.05) is 0 Å². The monoisotopic (exact) mass is 444 g/mol. The molecule has 30 heavy (non-hydrogen) atoms. The van der Waals surface area contributed by atoms with E-state index in [4.69, 9.17) is 0 Å². The minimum Gasteiger partial charge on any atom is -0.223 e. The maximum absolute atomic E-state index is 13.4. The molecule has 3 rings (SSSR count). The van der Waals surface area contributed by atoms with Gasteiger partial charge in [0.2, 0.25) is 0 Å². The fourth-order valence-electron chi connectivity index (χ4n) is 3.03. The average molecular weight is 444 g/mol. The zero-order valence-electron chi connectivity index (χ0n) is 15.1. The van der Waals surface area contributed by atoms with Crippen molar-refractivity contribution in [1.29, 1.82) is 0 Å². The van der Waals surface area contributed by atoms with Crippen molar-refractivity contribution in [2.24, 2.45) is 0 Å². The molecule has 3 aromatic rings. The van der Waals surface area contributed by atoms with E-state index in [-0.39, 0.29) is 29.3 Å². The van der Waals surface area contributed by atoms with Crippen molar-refractivity contribution in [3.63, 3.8) is 0 Å². The molecule has 0 aliphatic rings. The zero-order chi connectivity index (χ0) is 22.2. The molecule has 0 unspecified atom stereocenters. The molecule has 0 heterocycles. The number of hydrogen-bond donors (Lipinski definition) is 0. The van der Waals surface area contributed by atoms with Gasteiger partial charge in [-0.1, -0.05) is 60.7 Å². The second-order valence-corrected chi connectivity index (χ2v) is 8.52. The highest BCUT2D eigenvalue weighted by molar-refractivity contribution is 7.92. The number of benzene rings is 3. The SMILES string of the molecule is O=S(=O)(c1cc(C(F)(F)F)cc(C(F)(F)F)c1)C(c1ccccc1)c1ccccc1. The maximum atomic E-state index is 13.4. The Kier molecular flexibility index (Phi) is 5.68. The molecule has 0 aliphatic heterocycles. The van der Waals surface area contributed by atoms with Crippen molar-refractivity contribution in [1.82, 2.24) is 0 Å². The summed E-state index contributed by atoms with van der Waals surface area (Å²) in [6, 6.07) is 15.6. The Morgan fingerprint density at radius 3 is 1.30 bits per heavy atom. The van der Waals surface area contributed by atoms with Crippen molar-refractivity contribution in [2.75, 3.05) is 0 Å². The van der Waals surface area contributed by atoms with Gasteiger partial charge in [-0.25, -0.2) is 8.42 Å². The fraction of sp³-hybridized carbons (Fsp3) is 0.143. The Morgan fingerprint density at radius 2 is 0.967 bits per heavy atom. The lowest BCUT2D eigenvalue weighted by atomic mass is 10.0. The normalized spacial score (nSPS) is 12.9. The average Bonchev–Trinajstić information content (AvgIpc) is 2.68. The van der Waals surface area contributed by atoms with Gasteiger partial charge in [-0.3, -0.25) is 0 Å². The Balaban J connectivity index is 2.28. The first-order valence-electron chi connectivity index (χ1n) is 8.54. The first-order valence-corrected chi connectivity index (χ1v) is 10.1. The number of alkyl halides is 6. The molecule has 0 atom stereocenters. The van der Waals surface area contributed by atoms with E-state index in [0.717, 1.165) is 0 Å².